The molecule has 6 heteroatoms. The quantitative estimate of drug-likeness (QED) is 0.486. The van der Waals surface area contributed by atoms with E-state index in [0.29, 0.717) is 6.42 Å². The smallest absolute Gasteiger partial charge is 1.00 e. The van der Waals surface area contributed by atoms with Crippen molar-refractivity contribution in [2.45, 2.75) is 12.5 Å². The van der Waals surface area contributed by atoms with Gasteiger partial charge in [0.15, 0.2) is 0 Å². The van der Waals surface area contributed by atoms with E-state index >= 15 is 0 Å². The van der Waals surface area contributed by atoms with Crippen LogP contribution in [0.25, 0.3) is 10.9 Å². The van der Waals surface area contributed by atoms with E-state index in [1.807, 2.05) is 30.5 Å². The molecule has 1 aromatic heterocycles. The zero-order chi connectivity index (χ0) is 10.8. The summed E-state index contributed by atoms with van der Waals surface area (Å²) in [5.41, 5.74) is 7.43. The number of fused-ring (bicyclic) bond motifs is 1. The average Bonchev–Trinajstić information content (AvgIpc) is 2.62. The summed E-state index contributed by atoms with van der Waals surface area (Å²) in [4.78, 5) is 13.7. The molecule has 0 saturated heterocycles. The van der Waals surface area contributed by atoms with Gasteiger partial charge < -0.3 is 28.2 Å². The van der Waals surface area contributed by atoms with Crippen molar-refractivity contribution >= 4 is 16.9 Å². The fraction of sp³-hybridized carbons (Fsp3) is 0.182. The van der Waals surface area contributed by atoms with E-state index in [4.69, 9.17) is 10.8 Å². The second kappa shape index (κ2) is 7.03. The van der Waals surface area contributed by atoms with Gasteiger partial charge in [0.1, 0.15) is 6.04 Å². The third-order valence-electron chi connectivity index (χ3n) is 2.43. The molecule has 0 aliphatic heterocycles. The summed E-state index contributed by atoms with van der Waals surface area (Å²) >= 11 is 0. The number of aliphatic carboxylic acids is 1. The van der Waals surface area contributed by atoms with Crippen molar-refractivity contribution < 1.29 is 51.9 Å². The first-order valence-electron chi connectivity index (χ1n) is 4.72. The van der Waals surface area contributed by atoms with Gasteiger partial charge in [-0.15, -0.1) is 0 Å². The van der Waals surface area contributed by atoms with E-state index in [1.165, 1.54) is 0 Å². The van der Waals surface area contributed by atoms with E-state index in [9.17, 15) is 4.79 Å². The van der Waals surface area contributed by atoms with Crippen molar-refractivity contribution in [3.63, 3.8) is 0 Å². The summed E-state index contributed by atoms with van der Waals surface area (Å²) in [6, 6.07) is 6.91. The second-order valence-electron chi connectivity index (χ2n) is 3.51. The SMILES string of the molecule is N[C@@H](Cc1c[nH]c2ccccc12)C(=O)O.[Cl-].[Na+]. The van der Waals surface area contributed by atoms with Crippen LogP contribution in [0.5, 0.6) is 0 Å². The van der Waals surface area contributed by atoms with Gasteiger partial charge >= 0.3 is 35.5 Å². The first kappa shape index (κ1) is 16.5. The normalized spacial score (nSPS) is 11.4. The molecule has 1 heterocycles. The molecule has 0 radical (unpaired) electrons. The molecule has 1 atom stereocenters. The Balaban J connectivity index is 0.00000128. The number of carbonyl (C=O) groups is 1. The average molecular weight is 263 g/mol. The topological polar surface area (TPSA) is 79.1 Å². The Morgan fingerprint density at radius 3 is 2.71 bits per heavy atom. The van der Waals surface area contributed by atoms with Gasteiger partial charge in [0.25, 0.3) is 0 Å². The van der Waals surface area contributed by atoms with Crippen molar-refractivity contribution in [2.24, 2.45) is 5.73 Å². The number of carboxylic acids is 1. The van der Waals surface area contributed by atoms with Gasteiger partial charge in [-0.3, -0.25) is 4.79 Å². The van der Waals surface area contributed by atoms with Gasteiger partial charge in [-0.1, -0.05) is 18.2 Å². The molecule has 2 aromatic rings. The first-order valence-corrected chi connectivity index (χ1v) is 4.72. The Morgan fingerprint density at radius 2 is 2.06 bits per heavy atom. The van der Waals surface area contributed by atoms with Crippen molar-refractivity contribution in [2.75, 3.05) is 0 Å². The molecular weight excluding hydrogens is 251 g/mol. The Kier molecular flexibility index (Phi) is 6.82. The summed E-state index contributed by atoms with van der Waals surface area (Å²) in [5.74, 6) is -0.972. The summed E-state index contributed by atoms with van der Waals surface area (Å²) in [5, 5.41) is 9.75. The number of aromatic amines is 1. The number of aromatic nitrogens is 1. The molecule has 17 heavy (non-hydrogen) atoms. The van der Waals surface area contributed by atoms with Gasteiger partial charge in [-0.25, -0.2) is 0 Å². The Hall–Kier alpha value is -0.520. The van der Waals surface area contributed by atoms with Crippen LogP contribution in [0.2, 0.25) is 0 Å². The maximum absolute atomic E-state index is 10.6. The number of halogens is 1. The van der Waals surface area contributed by atoms with E-state index in [1.54, 1.807) is 0 Å². The van der Waals surface area contributed by atoms with Crippen molar-refractivity contribution in [1.29, 1.82) is 0 Å². The summed E-state index contributed by atoms with van der Waals surface area (Å²) in [6.45, 7) is 0. The molecule has 2 rings (SSSR count). The fourth-order valence-electron chi connectivity index (χ4n) is 1.62. The van der Waals surface area contributed by atoms with Gasteiger partial charge in [0.05, 0.1) is 0 Å². The minimum atomic E-state index is -0.972. The Labute approximate surface area is 127 Å². The molecular formula is C11H12ClN2NaO2. The number of rotatable bonds is 3. The molecule has 1 aromatic carbocycles. The zero-order valence-corrected chi connectivity index (χ0v) is 12.2. The van der Waals surface area contributed by atoms with Crippen LogP contribution in [-0.2, 0) is 11.2 Å². The zero-order valence-electron chi connectivity index (χ0n) is 9.48. The number of nitrogens with two attached hydrogens (primary N) is 1. The number of hydrogen-bond acceptors (Lipinski definition) is 2. The predicted molar refractivity (Wildman–Crippen MR) is 57.6 cm³/mol. The van der Waals surface area contributed by atoms with Gasteiger partial charge in [-0.05, 0) is 11.6 Å². The van der Waals surface area contributed by atoms with E-state index in [2.05, 4.69) is 4.98 Å². The second-order valence-corrected chi connectivity index (χ2v) is 3.51. The molecule has 0 unspecified atom stereocenters. The van der Waals surface area contributed by atoms with E-state index in [0.717, 1.165) is 16.5 Å². The molecule has 86 valence electrons. The standard InChI is InChI=1S/C11H12N2O2.ClH.Na/c12-9(11(14)15)5-7-6-13-10-4-2-1-3-8(7)10;;/h1-4,6,9,13H,5,12H2,(H,14,15);1H;/q;;+1/p-1/t9-;;/m0../s1. The molecule has 4 nitrogen and oxygen atoms in total. The van der Waals surface area contributed by atoms with Crippen LogP contribution in [0.4, 0.5) is 0 Å². The number of H-pyrrole nitrogens is 1. The molecule has 0 saturated carbocycles. The van der Waals surface area contributed by atoms with Gasteiger partial charge in [0, 0.05) is 23.5 Å². The third kappa shape index (κ3) is 3.72. The van der Waals surface area contributed by atoms with Crippen LogP contribution in [0.15, 0.2) is 30.5 Å². The van der Waals surface area contributed by atoms with Crippen LogP contribution in [0.3, 0.4) is 0 Å². The Morgan fingerprint density at radius 1 is 1.41 bits per heavy atom. The number of benzene rings is 1. The molecule has 0 aliphatic rings. The van der Waals surface area contributed by atoms with Crippen LogP contribution in [0, 0.1) is 0 Å². The summed E-state index contributed by atoms with van der Waals surface area (Å²) in [6.07, 6.45) is 2.16. The number of nitrogens with one attached hydrogen (secondary N) is 1. The number of para-hydroxylation sites is 1. The molecule has 0 aliphatic carbocycles. The maximum atomic E-state index is 10.6. The van der Waals surface area contributed by atoms with Crippen LogP contribution in [0.1, 0.15) is 5.56 Å². The minimum absolute atomic E-state index is 0. The summed E-state index contributed by atoms with van der Waals surface area (Å²) in [7, 11) is 0. The van der Waals surface area contributed by atoms with Crippen LogP contribution >= 0.6 is 0 Å². The maximum Gasteiger partial charge on any atom is 1.00 e. The van der Waals surface area contributed by atoms with Gasteiger partial charge in [0.2, 0.25) is 0 Å². The van der Waals surface area contributed by atoms with Crippen molar-refractivity contribution in [3.05, 3.63) is 36.0 Å². The third-order valence-corrected chi connectivity index (χ3v) is 2.43. The first-order chi connectivity index (χ1) is 7.18. The molecule has 0 spiro atoms. The molecule has 4 N–H and O–H groups in total. The molecule has 0 bridgehead atoms. The monoisotopic (exact) mass is 262 g/mol. The molecule has 0 fully saturated rings. The largest absolute Gasteiger partial charge is 1.00 e. The Bertz CT molecular complexity index is 501. The van der Waals surface area contributed by atoms with Crippen LogP contribution < -0.4 is 47.7 Å². The van der Waals surface area contributed by atoms with Gasteiger partial charge in [-0.2, -0.15) is 0 Å². The number of carboxylic acid groups (broad SMARTS) is 1. The van der Waals surface area contributed by atoms with E-state index < -0.39 is 12.0 Å². The van der Waals surface area contributed by atoms with Crippen LogP contribution in [-0.4, -0.2) is 22.1 Å². The molecule has 0 amide bonds. The predicted octanol–water partition coefficient (Wildman–Crippen LogP) is -4.87. The van der Waals surface area contributed by atoms with E-state index in [-0.39, 0.29) is 42.0 Å². The minimum Gasteiger partial charge on any atom is -1.00 e. The summed E-state index contributed by atoms with van der Waals surface area (Å²) < 4.78 is 0. The fourth-order valence-corrected chi connectivity index (χ4v) is 1.62. The van der Waals surface area contributed by atoms with Crippen molar-refractivity contribution in [1.82, 2.24) is 4.98 Å². The number of hydrogen-bond donors (Lipinski definition) is 3. The van der Waals surface area contributed by atoms with Crippen molar-refractivity contribution in [3.8, 4) is 0 Å².